The second kappa shape index (κ2) is 5.73. The van der Waals surface area contributed by atoms with E-state index in [4.69, 9.17) is 11.6 Å². The van der Waals surface area contributed by atoms with Gasteiger partial charge in [-0.25, -0.2) is 0 Å². The molecule has 0 bridgehead atoms. The topological polar surface area (TPSA) is 52.9 Å². The molecule has 96 valence electrons. The number of hydrogen-bond donors (Lipinski definition) is 1. The second-order valence-corrected chi connectivity index (χ2v) is 5.89. The van der Waals surface area contributed by atoms with E-state index in [-0.39, 0.29) is 11.8 Å². The molecule has 0 radical (unpaired) electrons. The van der Waals surface area contributed by atoms with Crippen molar-refractivity contribution in [2.75, 3.05) is 11.2 Å². The number of hydrogen-bond acceptors (Lipinski definition) is 3. The average molecular weight is 283 g/mol. The van der Waals surface area contributed by atoms with Gasteiger partial charge in [0, 0.05) is 4.88 Å². The van der Waals surface area contributed by atoms with Gasteiger partial charge in [-0.05, 0) is 30.7 Å². The van der Waals surface area contributed by atoms with E-state index in [0.29, 0.717) is 16.5 Å². The zero-order chi connectivity index (χ0) is 13.1. The van der Waals surface area contributed by atoms with E-state index in [1.54, 1.807) is 0 Å². The number of fused-ring (bicyclic) bond motifs is 1. The molecule has 0 saturated heterocycles. The number of alkyl halides is 1. The normalized spacial score (nSPS) is 17.9. The second-order valence-electron chi connectivity index (χ2n) is 4.52. The molecule has 1 N–H and O–H groups in total. The average Bonchev–Trinajstić information content (AvgIpc) is 2.74. The highest BCUT2D eigenvalue weighted by Gasteiger charge is 2.25. The summed E-state index contributed by atoms with van der Waals surface area (Å²) >= 11 is 7.02. The Morgan fingerprint density at radius 3 is 3.06 bits per heavy atom. The molecule has 1 aromatic heterocycles. The summed E-state index contributed by atoms with van der Waals surface area (Å²) in [6, 6.07) is 2.22. The number of amides is 1. The van der Waals surface area contributed by atoms with E-state index in [0.717, 1.165) is 24.8 Å². The van der Waals surface area contributed by atoms with Gasteiger partial charge < -0.3 is 5.32 Å². The minimum atomic E-state index is -0.251. The Kier molecular flexibility index (Phi) is 4.26. The Morgan fingerprint density at radius 2 is 2.44 bits per heavy atom. The molecule has 0 fully saturated rings. The van der Waals surface area contributed by atoms with Crippen molar-refractivity contribution in [3.8, 4) is 6.07 Å². The predicted octanol–water partition coefficient (Wildman–Crippen LogP) is 3.31. The van der Waals surface area contributed by atoms with Crippen molar-refractivity contribution in [2.45, 2.75) is 32.6 Å². The van der Waals surface area contributed by atoms with Crippen molar-refractivity contribution in [1.82, 2.24) is 0 Å². The Morgan fingerprint density at radius 1 is 1.67 bits per heavy atom. The summed E-state index contributed by atoms with van der Waals surface area (Å²) in [4.78, 5) is 12.6. The van der Waals surface area contributed by atoms with E-state index >= 15 is 0 Å². The zero-order valence-electron chi connectivity index (χ0n) is 10.3. The molecule has 1 heterocycles. The SMILES string of the molecule is CC[C@H]1CCc2c(sc(NC(=O)CCl)c2C#N)C1. The van der Waals surface area contributed by atoms with Crippen molar-refractivity contribution in [2.24, 2.45) is 5.92 Å². The van der Waals surface area contributed by atoms with Crippen LogP contribution in [-0.4, -0.2) is 11.8 Å². The lowest BCUT2D eigenvalue weighted by Crippen LogP contribution is -2.13. The summed E-state index contributed by atoms with van der Waals surface area (Å²) in [7, 11) is 0. The van der Waals surface area contributed by atoms with Crippen LogP contribution in [-0.2, 0) is 17.6 Å². The maximum Gasteiger partial charge on any atom is 0.239 e. The van der Waals surface area contributed by atoms with Crippen molar-refractivity contribution in [3.05, 3.63) is 16.0 Å². The highest BCUT2D eigenvalue weighted by Crippen LogP contribution is 2.39. The number of carbonyl (C=O) groups is 1. The highest BCUT2D eigenvalue weighted by molar-refractivity contribution is 7.16. The third kappa shape index (κ3) is 2.52. The molecular weight excluding hydrogens is 268 g/mol. The molecule has 0 aliphatic heterocycles. The molecule has 3 nitrogen and oxygen atoms in total. The molecule has 1 atom stereocenters. The van der Waals surface area contributed by atoms with Gasteiger partial charge in [-0.3, -0.25) is 4.79 Å². The van der Waals surface area contributed by atoms with Gasteiger partial charge in [0.15, 0.2) is 0 Å². The molecule has 5 heteroatoms. The lowest BCUT2D eigenvalue weighted by Gasteiger charge is -2.20. The minimum absolute atomic E-state index is 0.0784. The number of anilines is 1. The van der Waals surface area contributed by atoms with Crippen molar-refractivity contribution < 1.29 is 4.79 Å². The molecule has 2 rings (SSSR count). The van der Waals surface area contributed by atoms with E-state index in [2.05, 4.69) is 18.3 Å². The summed E-state index contributed by atoms with van der Waals surface area (Å²) in [6.45, 7) is 2.20. The number of nitriles is 1. The first-order valence-corrected chi connectivity index (χ1v) is 7.45. The monoisotopic (exact) mass is 282 g/mol. The van der Waals surface area contributed by atoms with Crippen LogP contribution in [0.25, 0.3) is 0 Å². The Hall–Kier alpha value is -1.05. The molecule has 1 aliphatic carbocycles. The van der Waals surface area contributed by atoms with Gasteiger partial charge in [0.1, 0.15) is 17.0 Å². The maximum absolute atomic E-state index is 11.3. The molecule has 1 aromatic rings. The third-order valence-electron chi connectivity index (χ3n) is 3.43. The van der Waals surface area contributed by atoms with Gasteiger partial charge in [0.05, 0.1) is 5.56 Å². The molecular formula is C13H15ClN2OS. The molecule has 0 unspecified atom stereocenters. The van der Waals surface area contributed by atoms with Crippen LogP contribution in [0.1, 0.15) is 35.8 Å². The van der Waals surface area contributed by atoms with Crippen LogP contribution in [0.5, 0.6) is 0 Å². The summed E-state index contributed by atoms with van der Waals surface area (Å²) in [6.07, 6.45) is 4.28. The first-order chi connectivity index (χ1) is 8.69. The first kappa shape index (κ1) is 13.4. The quantitative estimate of drug-likeness (QED) is 0.865. The van der Waals surface area contributed by atoms with Crippen LogP contribution in [0.4, 0.5) is 5.00 Å². The number of rotatable bonds is 3. The Labute approximate surface area is 116 Å². The predicted molar refractivity (Wildman–Crippen MR) is 74.2 cm³/mol. The van der Waals surface area contributed by atoms with Gasteiger partial charge >= 0.3 is 0 Å². The number of nitrogens with one attached hydrogen (secondary N) is 1. The third-order valence-corrected chi connectivity index (χ3v) is 4.84. The first-order valence-electron chi connectivity index (χ1n) is 6.10. The molecule has 18 heavy (non-hydrogen) atoms. The number of halogens is 1. The Balaban J connectivity index is 2.31. The number of thiophene rings is 1. The molecule has 1 amide bonds. The molecule has 1 aliphatic rings. The van der Waals surface area contributed by atoms with E-state index in [1.165, 1.54) is 22.6 Å². The number of carbonyl (C=O) groups excluding carboxylic acids is 1. The minimum Gasteiger partial charge on any atom is -0.316 e. The lowest BCUT2D eigenvalue weighted by atomic mass is 9.86. The van der Waals surface area contributed by atoms with E-state index in [1.807, 2.05) is 0 Å². The molecule has 0 saturated carbocycles. The van der Waals surface area contributed by atoms with Gasteiger partial charge in [0.2, 0.25) is 5.91 Å². The van der Waals surface area contributed by atoms with Crippen molar-refractivity contribution >= 4 is 33.8 Å². The summed E-state index contributed by atoms with van der Waals surface area (Å²) in [5.74, 6) is 0.378. The van der Waals surface area contributed by atoms with Gasteiger partial charge in [-0.1, -0.05) is 13.3 Å². The standard InChI is InChI=1S/C13H15ClN2OS/c1-2-8-3-4-9-10(7-15)13(16-12(17)6-14)18-11(9)5-8/h8H,2-6H2,1H3,(H,16,17)/t8-/m0/s1. The fourth-order valence-electron chi connectivity index (χ4n) is 2.37. The van der Waals surface area contributed by atoms with E-state index in [9.17, 15) is 10.1 Å². The number of nitrogens with zero attached hydrogens (tertiary/aromatic N) is 1. The Bertz CT molecular complexity index is 504. The van der Waals surface area contributed by atoms with Gasteiger partial charge in [-0.15, -0.1) is 22.9 Å². The van der Waals surface area contributed by atoms with Crippen LogP contribution < -0.4 is 5.32 Å². The van der Waals surface area contributed by atoms with Crippen molar-refractivity contribution in [3.63, 3.8) is 0 Å². The van der Waals surface area contributed by atoms with Crippen LogP contribution in [0.15, 0.2) is 0 Å². The van der Waals surface area contributed by atoms with Crippen LogP contribution in [0.2, 0.25) is 0 Å². The van der Waals surface area contributed by atoms with E-state index < -0.39 is 0 Å². The van der Waals surface area contributed by atoms with Gasteiger partial charge in [-0.2, -0.15) is 5.26 Å². The van der Waals surface area contributed by atoms with Crippen LogP contribution in [0, 0.1) is 17.2 Å². The smallest absolute Gasteiger partial charge is 0.239 e. The fourth-order valence-corrected chi connectivity index (χ4v) is 3.76. The van der Waals surface area contributed by atoms with Crippen LogP contribution in [0.3, 0.4) is 0 Å². The van der Waals surface area contributed by atoms with Gasteiger partial charge in [0.25, 0.3) is 0 Å². The summed E-state index contributed by atoms with van der Waals surface area (Å²) in [5, 5.41) is 12.6. The maximum atomic E-state index is 11.3. The lowest BCUT2D eigenvalue weighted by molar-refractivity contribution is -0.113. The summed E-state index contributed by atoms with van der Waals surface area (Å²) in [5.41, 5.74) is 1.78. The zero-order valence-corrected chi connectivity index (χ0v) is 11.8. The molecule has 0 spiro atoms. The highest BCUT2D eigenvalue weighted by atomic mass is 35.5. The van der Waals surface area contributed by atoms with Crippen molar-refractivity contribution in [1.29, 1.82) is 5.26 Å². The molecule has 0 aromatic carbocycles. The van der Waals surface area contributed by atoms with Crippen LogP contribution >= 0.6 is 22.9 Å². The largest absolute Gasteiger partial charge is 0.316 e. The summed E-state index contributed by atoms with van der Waals surface area (Å²) < 4.78 is 0. The fraction of sp³-hybridized carbons (Fsp3) is 0.538.